The van der Waals surface area contributed by atoms with Crippen molar-refractivity contribution in [2.45, 2.75) is 0 Å². The molecule has 17 heavy (non-hydrogen) atoms. The molecule has 0 bridgehead atoms. The first-order chi connectivity index (χ1) is 8.16. The predicted octanol–water partition coefficient (Wildman–Crippen LogP) is 4.60. The molecule has 0 unspecified atom stereocenters. The molecule has 0 aliphatic carbocycles. The van der Waals surface area contributed by atoms with Crippen LogP contribution in [0.4, 0.5) is 0 Å². The van der Waals surface area contributed by atoms with Crippen molar-refractivity contribution in [3.63, 3.8) is 0 Å². The van der Waals surface area contributed by atoms with Crippen LogP contribution in [0.3, 0.4) is 0 Å². The van der Waals surface area contributed by atoms with Crippen LogP contribution < -0.4 is 9.47 Å². The maximum atomic E-state index is 9.61. The number of hydrogen-bond acceptors (Lipinski definition) is 3. The summed E-state index contributed by atoms with van der Waals surface area (Å²) in [5, 5.41) is 9.78. The van der Waals surface area contributed by atoms with Gasteiger partial charge >= 0.3 is 0 Å². The molecule has 86 valence electrons. The molecule has 0 amide bonds. The SMILES string of the molecule is Oc1c(Cl)cc2c(c1Cl)Oc1ccccc1O2. The minimum absolute atomic E-state index is 0.0435. The Kier molecular flexibility index (Phi) is 2.31. The van der Waals surface area contributed by atoms with E-state index in [1.165, 1.54) is 6.07 Å². The van der Waals surface area contributed by atoms with Gasteiger partial charge in [0.15, 0.2) is 28.7 Å². The maximum Gasteiger partial charge on any atom is 0.192 e. The van der Waals surface area contributed by atoms with Crippen molar-refractivity contribution < 1.29 is 14.6 Å². The van der Waals surface area contributed by atoms with E-state index in [0.29, 0.717) is 17.2 Å². The molecule has 0 aromatic heterocycles. The summed E-state index contributed by atoms with van der Waals surface area (Å²) in [7, 11) is 0. The van der Waals surface area contributed by atoms with E-state index in [1.807, 2.05) is 12.1 Å². The van der Waals surface area contributed by atoms with E-state index in [0.717, 1.165) is 0 Å². The molecule has 3 rings (SSSR count). The lowest BCUT2D eigenvalue weighted by Gasteiger charge is -2.21. The Morgan fingerprint density at radius 2 is 1.59 bits per heavy atom. The molecule has 3 nitrogen and oxygen atoms in total. The molecule has 0 radical (unpaired) electrons. The average Bonchev–Trinajstić information content (AvgIpc) is 2.34. The fraction of sp³-hybridized carbons (Fsp3) is 0. The van der Waals surface area contributed by atoms with Crippen LogP contribution in [-0.2, 0) is 0 Å². The second-order valence-corrected chi connectivity index (χ2v) is 4.28. The summed E-state index contributed by atoms with van der Waals surface area (Å²) in [6.07, 6.45) is 0. The highest BCUT2D eigenvalue weighted by molar-refractivity contribution is 6.38. The Balaban J connectivity index is 2.18. The summed E-state index contributed by atoms with van der Waals surface area (Å²) < 4.78 is 11.2. The number of aromatic hydroxyl groups is 1. The van der Waals surface area contributed by atoms with E-state index in [9.17, 15) is 5.11 Å². The lowest BCUT2D eigenvalue weighted by Crippen LogP contribution is -1.99. The van der Waals surface area contributed by atoms with Crippen molar-refractivity contribution in [2.24, 2.45) is 0 Å². The number of hydrogen-bond donors (Lipinski definition) is 1. The molecule has 0 saturated carbocycles. The number of rotatable bonds is 0. The normalized spacial score (nSPS) is 12.1. The fourth-order valence-corrected chi connectivity index (χ4v) is 2.06. The third-order valence-electron chi connectivity index (χ3n) is 2.40. The molecular formula is C12H6Cl2O3. The number of para-hydroxylation sites is 2. The van der Waals surface area contributed by atoms with Crippen LogP contribution in [0.25, 0.3) is 0 Å². The van der Waals surface area contributed by atoms with E-state index in [4.69, 9.17) is 32.7 Å². The minimum Gasteiger partial charge on any atom is -0.505 e. The van der Waals surface area contributed by atoms with E-state index in [-0.39, 0.29) is 21.5 Å². The van der Waals surface area contributed by atoms with E-state index >= 15 is 0 Å². The van der Waals surface area contributed by atoms with Gasteiger partial charge in [-0.2, -0.15) is 0 Å². The van der Waals surface area contributed by atoms with Crippen LogP contribution >= 0.6 is 23.2 Å². The van der Waals surface area contributed by atoms with E-state index < -0.39 is 0 Å². The van der Waals surface area contributed by atoms with Gasteiger partial charge in [-0.3, -0.25) is 0 Å². The summed E-state index contributed by atoms with van der Waals surface area (Å²) in [5.74, 6) is 1.57. The maximum absolute atomic E-state index is 9.61. The lowest BCUT2D eigenvalue weighted by molar-refractivity contribution is 0.356. The van der Waals surface area contributed by atoms with Crippen LogP contribution in [0.15, 0.2) is 30.3 Å². The van der Waals surface area contributed by atoms with E-state index in [1.54, 1.807) is 12.1 Å². The minimum atomic E-state index is -0.213. The number of ether oxygens (including phenoxy) is 2. The first kappa shape index (κ1) is 10.6. The summed E-state index contributed by atoms with van der Waals surface area (Å²) in [4.78, 5) is 0. The number of fused-ring (bicyclic) bond motifs is 2. The molecule has 0 fully saturated rings. The highest BCUT2D eigenvalue weighted by atomic mass is 35.5. The second kappa shape index (κ2) is 3.72. The van der Waals surface area contributed by atoms with Crippen molar-refractivity contribution in [1.29, 1.82) is 0 Å². The quantitative estimate of drug-likeness (QED) is 0.648. The highest BCUT2D eigenvalue weighted by Crippen LogP contribution is 2.53. The smallest absolute Gasteiger partial charge is 0.192 e. The predicted molar refractivity (Wildman–Crippen MR) is 64.7 cm³/mol. The largest absolute Gasteiger partial charge is 0.505 e. The van der Waals surface area contributed by atoms with Crippen molar-refractivity contribution in [1.82, 2.24) is 0 Å². The van der Waals surface area contributed by atoms with E-state index in [2.05, 4.69) is 0 Å². The zero-order chi connectivity index (χ0) is 12.0. The van der Waals surface area contributed by atoms with Crippen LogP contribution in [0.5, 0.6) is 28.7 Å². The number of phenols is 1. The van der Waals surface area contributed by atoms with Crippen LogP contribution in [-0.4, -0.2) is 5.11 Å². The molecular weight excluding hydrogens is 263 g/mol. The Labute approximate surface area is 107 Å². The van der Waals surface area contributed by atoms with Crippen molar-refractivity contribution in [3.05, 3.63) is 40.4 Å². The van der Waals surface area contributed by atoms with Crippen LogP contribution in [0, 0.1) is 0 Å². The van der Waals surface area contributed by atoms with Crippen molar-refractivity contribution in [3.8, 4) is 28.7 Å². The molecule has 0 spiro atoms. The number of benzene rings is 2. The summed E-state index contributed by atoms with van der Waals surface area (Å²) >= 11 is 11.8. The first-order valence-electron chi connectivity index (χ1n) is 4.82. The molecule has 0 atom stereocenters. The third-order valence-corrected chi connectivity index (χ3v) is 3.03. The van der Waals surface area contributed by atoms with Gasteiger partial charge in [0.2, 0.25) is 0 Å². The topological polar surface area (TPSA) is 38.7 Å². The van der Waals surface area contributed by atoms with Crippen LogP contribution in [0.2, 0.25) is 10.0 Å². The average molecular weight is 269 g/mol. The van der Waals surface area contributed by atoms with Gasteiger partial charge in [0.05, 0.1) is 5.02 Å². The van der Waals surface area contributed by atoms with Gasteiger partial charge in [0.1, 0.15) is 5.02 Å². The van der Waals surface area contributed by atoms with Gasteiger partial charge in [-0.1, -0.05) is 35.3 Å². The van der Waals surface area contributed by atoms with Crippen molar-refractivity contribution >= 4 is 23.2 Å². The summed E-state index contributed by atoms with van der Waals surface area (Å²) in [5.41, 5.74) is 0. The zero-order valence-electron chi connectivity index (χ0n) is 8.41. The van der Waals surface area contributed by atoms with Gasteiger partial charge in [-0.15, -0.1) is 0 Å². The van der Waals surface area contributed by atoms with Gasteiger partial charge in [-0.05, 0) is 12.1 Å². The Morgan fingerprint density at radius 3 is 2.29 bits per heavy atom. The molecule has 2 aromatic carbocycles. The number of halogens is 2. The molecule has 1 aliphatic heterocycles. The lowest BCUT2D eigenvalue weighted by atomic mass is 10.2. The van der Waals surface area contributed by atoms with Gasteiger partial charge in [-0.25, -0.2) is 0 Å². The fourth-order valence-electron chi connectivity index (χ4n) is 1.59. The Morgan fingerprint density at radius 1 is 0.941 bits per heavy atom. The van der Waals surface area contributed by atoms with Crippen LogP contribution in [0.1, 0.15) is 0 Å². The second-order valence-electron chi connectivity index (χ2n) is 3.50. The van der Waals surface area contributed by atoms with Gasteiger partial charge in [0.25, 0.3) is 0 Å². The molecule has 1 heterocycles. The molecule has 1 N–H and O–H groups in total. The summed E-state index contributed by atoms with van der Waals surface area (Å²) in [6, 6.07) is 8.63. The molecule has 5 heteroatoms. The highest BCUT2D eigenvalue weighted by Gasteiger charge is 2.24. The van der Waals surface area contributed by atoms with Crippen molar-refractivity contribution in [2.75, 3.05) is 0 Å². The molecule has 2 aromatic rings. The molecule has 0 saturated heterocycles. The summed E-state index contributed by atoms with van der Waals surface area (Å²) in [6.45, 7) is 0. The zero-order valence-corrected chi connectivity index (χ0v) is 9.92. The van der Waals surface area contributed by atoms with Gasteiger partial charge in [0, 0.05) is 6.07 Å². The van der Waals surface area contributed by atoms with Gasteiger partial charge < -0.3 is 14.6 Å². The Hall–Kier alpha value is -1.58. The first-order valence-corrected chi connectivity index (χ1v) is 5.58. The Bertz CT molecular complexity index is 611. The monoisotopic (exact) mass is 268 g/mol. The third kappa shape index (κ3) is 1.59. The molecule has 1 aliphatic rings. The number of phenolic OH excluding ortho intramolecular Hbond substituents is 1. The standard InChI is InChI=1S/C12H6Cl2O3/c13-6-5-9-12(10(14)11(6)15)17-8-4-2-1-3-7(8)16-9/h1-5,15H.